The summed E-state index contributed by atoms with van der Waals surface area (Å²) in [6.07, 6.45) is 3.34. The standard InChI is InChI=1S/C7H6N4/c1-5-9-6-2-3-8-4-7(6)11-10-5/h2-4H,1H3. The Labute approximate surface area is 63.3 Å². The molecule has 0 atom stereocenters. The molecule has 2 aromatic rings. The first-order chi connectivity index (χ1) is 5.36. The number of aromatic nitrogens is 4. The summed E-state index contributed by atoms with van der Waals surface area (Å²) in [5.41, 5.74) is 1.57. The molecule has 0 aliphatic rings. The molecule has 0 radical (unpaired) electrons. The van der Waals surface area contributed by atoms with Crippen LogP contribution in [0, 0.1) is 6.92 Å². The second-order valence-electron chi connectivity index (χ2n) is 2.22. The van der Waals surface area contributed by atoms with Gasteiger partial charge in [-0.15, -0.1) is 10.2 Å². The van der Waals surface area contributed by atoms with Gasteiger partial charge in [-0.05, 0) is 13.0 Å². The first-order valence-corrected chi connectivity index (χ1v) is 3.27. The highest BCUT2D eigenvalue weighted by Crippen LogP contribution is 2.03. The van der Waals surface area contributed by atoms with Crippen molar-refractivity contribution in [3.8, 4) is 0 Å². The van der Waals surface area contributed by atoms with E-state index >= 15 is 0 Å². The van der Waals surface area contributed by atoms with Gasteiger partial charge in [-0.2, -0.15) is 0 Å². The van der Waals surface area contributed by atoms with Gasteiger partial charge in [0.2, 0.25) is 0 Å². The van der Waals surface area contributed by atoms with Crippen molar-refractivity contribution < 1.29 is 0 Å². The van der Waals surface area contributed by atoms with Crippen molar-refractivity contribution in [2.75, 3.05) is 0 Å². The zero-order valence-corrected chi connectivity index (χ0v) is 6.02. The highest BCUT2D eigenvalue weighted by Gasteiger charge is 1.94. The number of hydrogen-bond donors (Lipinski definition) is 0. The van der Waals surface area contributed by atoms with Gasteiger partial charge >= 0.3 is 0 Å². The Hall–Kier alpha value is -1.58. The molecule has 2 heterocycles. The molecule has 0 aliphatic carbocycles. The third-order valence-electron chi connectivity index (χ3n) is 1.36. The number of nitrogens with zero attached hydrogens (tertiary/aromatic N) is 4. The van der Waals surface area contributed by atoms with Gasteiger partial charge in [0.1, 0.15) is 11.3 Å². The highest BCUT2D eigenvalue weighted by molar-refractivity contribution is 5.71. The molecule has 11 heavy (non-hydrogen) atoms. The molecule has 0 spiro atoms. The molecule has 0 saturated heterocycles. The minimum atomic E-state index is 0.684. The SMILES string of the molecule is Cc1nnc2cnccc2n1. The van der Waals surface area contributed by atoms with Gasteiger partial charge in [-0.1, -0.05) is 0 Å². The van der Waals surface area contributed by atoms with E-state index in [1.807, 2.05) is 13.0 Å². The molecule has 4 heteroatoms. The Morgan fingerprint density at radius 2 is 2.09 bits per heavy atom. The summed E-state index contributed by atoms with van der Waals surface area (Å²) in [5, 5.41) is 7.71. The van der Waals surface area contributed by atoms with Crippen molar-refractivity contribution in [1.29, 1.82) is 0 Å². The van der Waals surface area contributed by atoms with Gasteiger partial charge in [-0.25, -0.2) is 4.98 Å². The van der Waals surface area contributed by atoms with Crippen LogP contribution in [-0.4, -0.2) is 20.2 Å². The lowest BCUT2D eigenvalue weighted by Gasteiger charge is -1.93. The predicted molar refractivity (Wildman–Crippen MR) is 39.9 cm³/mol. The maximum Gasteiger partial charge on any atom is 0.148 e. The van der Waals surface area contributed by atoms with Crippen LogP contribution in [0.5, 0.6) is 0 Å². The van der Waals surface area contributed by atoms with Crippen molar-refractivity contribution >= 4 is 11.0 Å². The Balaban J connectivity index is 2.83. The smallest absolute Gasteiger partial charge is 0.148 e. The maximum atomic E-state index is 4.16. The topological polar surface area (TPSA) is 51.6 Å². The minimum Gasteiger partial charge on any atom is -0.262 e. The van der Waals surface area contributed by atoms with Gasteiger partial charge in [0.25, 0.3) is 0 Å². The molecule has 0 fully saturated rings. The van der Waals surface area contributed by atoms with Crippen LogP contribution in [-0.2, 0) is 0 Å². The fourth-order valence-corrected chi connectivity index (χ4v) is 0.873. The van der Waals surface area contributed by atoms with Crippen molar-refractivity contribution in [1.82, 2.24) is 20.2 Å². The first kappa shape index (κ1) is 6.15. The zero-order valence-electron chi connectivity index (χ0n) is 6.02. The van der Waals surface area contributed by atoms with E-state index in [9.17, 15) is 0 Å². The third kappa shape index (κ3) is 1.02. The lowest BCUT2D eigenvalue weighted by Crippen LogP contribution is -1.92. The van der Waals surface area contributed by atoms with Crippen LogP contribution >= 0.6 is 0 Å². The van der Waals surface area contributed by atoms with E-state index in [0.29, 0.717) is 5.82 Å². The van der Waals surface area contributed by atoms with Crippen molar-refractivity contribution in [3.63, 3.8) is 0 Å². The Morgan fingerprint density at radius 1 is 1.18 bits per heavy atom. The molecular weight excluding hydrogens is 140 g/mol. The summed E-state index contributed by atoms with van der Waals surface area (Å²) in [4.78, 5) is 8.06. The lowest BCUT2D eigenvalue weighted by molar-refractivity contribution is 0.948. The largest absolute Gasteiger partial charge is 0.262 e. The van der Waals surface area contributed by atoms with Gasteiger partial charge in [0.15, 0.2) is 0 Å². The average Bonchev–Trinajstić information content (AvgIpc) is 2.04. The molecule has 0 unspecified atom stereocenters. The van der Waals surface area contributed by atoms with Crippen LogP contribution in [0.3, 0.4) is 0 Å². The second-order valence-corrected chi connectivity index (χ2v) is 2.22. The van der Waals surface area contributed by atoms with Gasteiger partial charge in [0.05, 0.1) is 11.7 Å². The molecule has 0 aliphatic heterocycles. The molecule has 4 nitrogen and oxygen atoms in total. The van der Waals surface area contributed by atoms with E-state index < -0.39 is 0 Å². The Bertz CT molecular complexity index is 385. The van der Waals surface area contributed by atoms with E-state index in [4.69, 9.17) is 0 Å². The number of hydrogen-bond acceptors (Lipinski definition) is 4. The van der Waals surface area contributed by atoms with Crippen molar-refractivity contribution in [2.24, 2.45) is 0 Å². The van der Waals surface area contributed by atoms with E-state index in [1.54, 1.807) is 12.4 Å². The van der Waals surface area contributed by atoms with E-state index in [-0.39, 0.29) is 0 Å². The number of rotatable bonds is 0. The summed E-state index contributed by atoms with van der Waals surface area (Å²) < 4.78 is 0. The fourth-order valence-electron chi connectivity index (χ4n) is 0.873. The van der Waals surface area contributed by atoms with Crippen LogP contribution in [0.15, 0.2) is 18.5 Å². The van der Waals surface area contributed by atoms with Gasteiger partial charge in [-0.3, -0.25) is 4.98 Å². The maximum absolute atomic E-state index is 4.16. The normalized spacial score (nSPS) is 10.3. The lowest BCUT2D eigenvalue weighted by atomic mass is 10.4. The zero-order chi connectivity index (χ0) is 7.68. The summed E-state index contributed by atoms with van der Waals surface area (Å²) in [6, 6.07) is 1.82. The number of pyridine rings is 1. The van der Waals surface area contributed by atoms with Crippen molar-refractivity contribution in [3.05, 3.63) is 24.3 Å². The first-order valence-electron chi connectivity index (χ1n) is 3.27. The van der Waals surface area contributed by atoms with Gasteiger partial charge in [0, 0.05) is 6.20 Å². The summed E-state index contributed by atoms with van der Waals surface area (Å²) in [5.74, 6) is 0.684. The molecule has 0 saturated carbocycles. The van der Waals surface area contributed by atoms with E-state index in [2.05, 4.69) is 20.2 Å². The third-order valence-corrected chi connectivity index (χ3v) is 1.36. The quantitative estimate of drug-likeness (QED) is 0.549. The molecule has 54 valence electrons. The molecule has 0 amide bonds. The number of aryl methyl sites for hydroxylation is 1. The summed E-state index contributed by atoms with van der Waals surface area (Å²) >= 11 is 0. The monoisotopic (exact) mass is 146 g/mol. The molecule has 0 N–H and O–H groups in total. The molecule has 0 aromatic carbocycles. The van der Waals surface area contributed by atoms with Crippen LogP contribution in [0.25, 0.3) is 11.0 Å². The van der Waals surface area contributed by atoms with Gasteiger partial charge < -0.3 is 0 Å². The van der Waals surface area contributed by atoms with Crippen molar-refractivity contribution in [2.45, 2.75) is 6.92 Å². The van der Waals surface area contributed by atoms with Crippen LogP contribution in [0.2, 0.25) is 0 Å². The molecule has 2 aromatic heterocycles. The van der Waals surface area contributed by atoms with Crippen LogP contribution in [0.1, 0.15) is 5.82 Å². The fraction of sp³-hybridized carbons (Fsp3) is 0.143. The average molecular weight is 146 g/mol. The van der Waals surface area contributed by atoms with E-state index in [1.165, 1.54) is 0 Å². The Morgan fingerprint density at radius 3 is 3.00 bits per heavy atom. The second kappa shape index (κ2) is 2.23. The molecular formula is C7H6N4. The minimum absolute atomic E-state index is 0.684. The van der Waals surface area contributed by atoms with E-state index in [0.717, 1.165) is 11.0 Å². The highest BCUT2D eigenvalue weighted by atomic mass is 15.1. The summed E-state index contributed by atoms with van der Waals surface area (Å²) in [7, 11) is 0. The molecule has 0 bridgehead atoms. The van der Waals surface area contributed by atoms with Crippen LogP contribution in [0.4, 0.5) is 0 Å². The number of fused-ring (bicyclic) bond motifs is 1. The predicted octanol–water partition coefficient (Wildman–Crippen LogP) is 0.728. The van der Waals surface area contributed by atoms with Crippen LogP contribution < -0.4 is 0 Å². The summed E-state index contributed by atoms with van der Waals surface area (Å²) in [6.45, 7) is 1.81. The Kier molecular flexibility index (Phi) is 1.25. The molecule has 2 rings (SSSR count).